The van der Waals surface area contributed by atoms with E-state index in [9.17, 15) is 0 Å². The minimum atomic E-state index is 0.473. The summed E-state index contributed by atoms with van der Waals surface area (Å²) in [5, 5.41) is 4.81. The van der Waals surface area contributed by atoms with Gasteiger partial charge in [0.2, 0.25) is 5.71 Å². The molecule has 3 aromatic rings. The molecule has 5 rings (SSSR count). The molecule has 0 radical (unpaired) electrons. The lowest BCUT2D eigenvalue weighted by Crippen LogP contribution is -2.35. The number of hydrogen-bond donors (Lipinski definition) is 1. The van der Waals surface area contributed by atoms with Crippen LogP contribution in [0.3, 0.4) is 0 Å². The van der Waals surface area contributed by atoms with Gasteiger partial charge >= 0.3 is 0 Å². The van der Waals surface area contributed by atoms with Crippen molar-refractivity contribution in [3.05, 3.63) is 36.2 Å². The van der Waals surface area contributed by atoms with Crippen LogP contribution in [0.15, 0.2) is 35.0 Å². The van der Waals surface area contributed by atoms with Crippen molar-refractivity contribution in [3.63, 3.8) is 0 Å². The Hall–Kier alpha value is -2.64. The fourth-order valence-corrected chi connectivity index (χ4v) is 5.88. The molecule has 1 aliphatic carbocycles. The predicted molar refractivity (Wildman–Crippen MR) is 150 cm³/mol. The summed E-state index contributed by atoms with van der Waals surface area (Å²) in [7, 11) is 4.11. The highest BCUT2D eigenvalue weighted by molar-refractivity contribution is 5.94. The van der Waals surface area contributed by atoms with Crippen LogP contribution < -0.4 is 10.1 Å². The zero-order chi connectivity index (χ0) is 25.6. The number of benzene rings is 1. The minimum absolute atomic E-state index is 0.473. The maximum absolute atomic E-state index is 6.51. The molecule has 2 fully saturated rings. The second-order valence-corrected chi connectivity index (χ2v) is 11.0. The second-order valence-electron chi connectivity index (χ2n) is 11.0. The number of piperidine rings is 1. The molecule has 1 saturated carbocycles. The van der Waals surface area contributed by atoms with E-state index in [2.05, 4.69) is 65.4 Å². The number of likely N-dealkylation sites (tertiary alicyclic amines) is 1. The minimum Gasteiger partial charge on any atom is -0.492 e. The van der Waals surface area contributed by atoms with Crippen molar-refractivity contribution >= 4 is 16.9 Å². The number of likely N-dealkylation sites (N-methyl/N-ethyl adjacent to an activating group) is 1. The lowest BCUT2D eigenvalue weighted by atomic mass is 9.82. The summed E-state index contributed by atoms with van der Waals surface area (Å²) in [6, 6.07) is 8.35. The molecule has 1 N–H and O–H groups in total. The van der Waals surface area contributed by atoms with Crippen molar-refractivity contribution < 1.29 is 9.15 Å². The maximum atomic E-state index is 6.51. The number of hydrogen-bond acceptors (Lipinski definition) is 7. The number of anilines is 1. The van der Waals surface area contributed by atoms with Crippen molar-refractivity contribution in [2.75, 3.05) is 58.7 Å². The van der Waals surface area contributed by atoms with Gasteiger partial charge in [-0.15, -0.1) is 0 Å². The summed E-state index contributed by atoms with van der Waals surface area (Å²) in [5.74, 6) is 3.92. The molecule has 0 spiro atoms. The van der Waals surface area contributed by atoms with Gasteiger partial charge in [0, 0.05) is 24.2 Å². The molecule has 1 aliphatic heterocycles. The van der Waals surface area contributed by atoms with E-state index >= 15 is 0 Å². The fourth-order valence-electron chi connectivity index (χ4n) is 5.88. The third kappa shape index (κ3) is 6.27. The summed E-state index contributed by atoms with van der Waals surface area (Å²) >= 11 is 0. The van der Waals surface area contributed by atoms with Gasteiger partial charge in [-0.05, 0) is 95.5 Å². The largest absolute Gasteiger partial charge is 0.492 e. The first kappa shape index (κ1) is 26.0. The molecule has 2 aliphatic rings. The van der Waals surface area contributed by atoms with Crippen LogP contribution in [0.25, 0.3) is 22.4 Å². The molecule has 7 nitrogen and oxygen atoms in total. The molecular formula is C30H43N5O2. The molecular weight excluding hydrogens is 462 g/mol. The van der Waals surface area contributed by atoms with Gasteiger partial charge in [0.25, 0.3) is 0 Å². The van der Waals surface area contributed by atoms with Crippen LogP contribution in [0.5, 0.6) is 5.75 Å². The molecule has 37 heavy (non-hydrogen) atoms. The number of furan rings is 1. The highest BCUT2D eigenvalue weighted by atomic mass is 16.5. The summed E-state index contributed by atoms with van der Waals surface area (Å²) in [6.07, 6.45) is 10.4. The average Bonchev–Trinajstić information content (AvgIpc) is 3.33. The van der Waals surface area contributed by atoms with E-state index in [-0.39, 0.29) is 0 Å². The molecule has 200 valence electrons. The topological polar surface area (TPSA) is 66.7 Å². The zero-order valence-electron chi connectivity index (χ0n) is 22.8. The lowest BCUT2D eigenvalue weighted by Gasteiger charge is -2.31. The third-order valence-corrected chi connectivity index (χ3v) is 8.17. The van der Waals surface area contributed by atoms with Crippen molar-refractivity contribution in [3.8, 4) is 17.1 Å². The van der Waals surface area contributed by atoms with Gasteiger partial charge in [-0.25, -0.2) is 9.97 Å². The van der Waals surface area contributed by atoms with Crippen LogP contribution in [0, 0.1) is 5.92 Å². The highest BCUT2D eigenvalue weighted by Gasteiger charge is 2.28. The lowest BCUT2D eigenvalue weighted by molar-refractivity contribution is 0.198. The predicted octanol–water partition coefficient (Wildman–Crippen LogP) is 6.02. The Balaban J connectivity index is 1.42. The number of aromatic nitrogens is 2. The average molecular weight is 506 g/mol. The molecule has 3 heterocycles. The quantitative estimate of drug-likeness (QED) is 0.361. The number of fused-ring (bicyclic) bond motifs is 1. The van der Waals surface area contributed by atoms with Crippen LogP contribution >= 0.6 is 0 Å². The number of nitrogens with zero attached hydrogens (tertiary/aromatic N) is 4. The highest BCUT2D eigenvalue weighted by Crippen LogP contribution is 2.45. The molecule has 0 amide bonds. The molecule has 0 unspecified atom stereocenters. The molecule has 2 aromatic heterocycles. The fraction of sp³-hybridized carbons (Fsp3) is 0.600. The Bertz CT molecular complexity index is 1130. The Labute approximate surface area is 221 Å². The van der Waals surface area contributed by atoms with E-state index in [0.29, 0.717) is 24.2 Å². The van der Waals surface area contributed by atoms with E-state index in [0.717, 1.165) is 47.9 Å². The third-order valence-electron chi connectivity index (χ3n) is 8.17. The first-order valence-electron chi connectivity index (χ1n) is 14.2. The van der Waals surface area contributed by atoms with Gasteiger partial charge < -0.3 is 24.3 Å². The molecule has 0 bridgehead atoms. The Morgan fingerprint density at radius 1 is 1.03 bits per heavy atom. The van der Waals surface area contributed by atoms with Gasteiger partial charge in [-0.3, -0.25) is 0 Å². The van der Waals surface area contributed by atoms with E-state index in [1.165, 1.54) is 63.6 Å². The SMILES string of the molecule is CCN1CCC(CNc2ncnc3oc(-c4ccc(OCCN(C)C)cc4)c(C4CCCCC4)c23)CC1. The van der Waals surface area contributed by atoms with E-state index in [1.807, 2.05) is 0 Å². The van der Waals surface area contributed by atoms with Crippen LogP contribution in [-0.2, 0) is 0 Å². The van der Waals surface area contributed by atoms with Crippen molar-refractivity contribution in [1.29, 1.82) is 0 Å². The number of rotatable bonds is 10. The first-order chi connectivity index (χ1) is 18.1. The van der Waals surface area contributed by atoms with E-state index < -0.39 is 0 Å². The standard InChI is InChI=1S/C30H43N5O2/c1-4-35-16-14-22(15-17-35)20-31-29-27-26(23-8-6-5-7-9-23)28(37-30(27)33-21-32-29)24-10-12-25(13-11-24)36-19-18-34(2)3/h10-13,21-23H,4-9,14-20H2,1-3H3,(H,31,32,33). The number of nitrogens with one attached hydrogen (secondary N) is 1. The van der Waals surface area contributed by atoms with Crippen molar-refractivity contribution in [1.82, 2.24) is 19.8 Å². The second kappa shape index (κ2) is 12.3. The zero-order valence-corrected chi connectivity index (χ0v) is 22.8. The molecule has 1 saturated heterocycles. The Morgan fingerprint density at radius 3 is 2.49 bits per heavy atom. The van der Waals surface area contributed by atoms with Gasteiger partial charge in [0.05, 0.1) is 5.39 Å². The Morgan fingerprint density at radius 2 is 1.78 bits per heavy atom. The summed E-state index contributed by atoms with van der Waals surface area (Å²) in [4.78, 5) is 14.0. The Kier molecular flexibility index (Phi) is 8.62. The normalized spacial score (nSPS) is 18.1. The summed E-state index contributed by atoms with van der Waals surface area (Å²) in [5.41, 5.74) is 3.07. The van der Waals surface area contributed by atoms with Crippen LogP contribution in [0.1, 0.15) is 63.4 Å². The van der Waals surface area contributed by atoms with Crippen LogP contribution in [0.2, 0.25) is 0 Å². The van der Waals surface area contributed by atoms with Crippen molar-refractivity contribution in [2.24, 2.45) is 5.92 Å². The van der Waals surface area contributed by atoms with Gasteiger partial charge in [0.15, 0.2) is 0 Å². The first-order valence-corrected chi connectivity index (χ1v) is 14.2. The van der Waals surface area contributed by atoms with Gasteiger partial charge in [0.1, 0.15) is 30.3 Å². The van der Waals surface area contributed by atoms with Crippen LogP contribution in [-0.4, -0.2) is 73.2 Å². The van der Waals surface area contributed by atoms with Gasteiger partial charge in [-0.2, -0.15) is 0 Å². The summed E-state index contributed by atoms with van der Waals surface area (Å²) in [6.45, 7) is 8.31. The molecule has 1 aromatic carbocycles. The molecule has 7 heteroatoms. The van der Waals surface area contributed by atoms with E-state index in [1.54, 1.807) is 6.33 Å². The van der Waals surface area contributed by atoms with Gasteiger partial charge in [-0.1, -0.05) is 26.2 Å². The molecule has 0 atom stereocenters. The summed E-state index contributed by atoms with van der Waals surface area (Å²) < 4.78 is 12.4. The monoisotopic (exact) mass is 505 g/mol. The van der Waals surface area contributed by atoms with E-state index in [4.69, 9.17) is 14.1 Å². The van der Waals surface area contributed by atoms with Crippen LogP contribution in [0.4, 0.5) is 5.82 Å². The number of ether oxygens (including phenoxy) is 1. The smallest absolute Gasteiger partial charge is 0.232 e. The maximum Gasteiger partial charge on any atom is 0.232 e. The van der Waals surface area contributed by atoms with Crippen molar-refractivity contribution in [2.45, 2.75) is 57.8 Å².